The summed E-state index contributed by atoms with van der Waals surface area (Å²) in [6.07, 6.45) is 0. The van der Waals surface area contributed by atoms with Gasteiger partial charge in [0.15, 0.2) is 0 Å². The fourth-order valence-electron chi connectivity index (χ4n) is 3.02. The first-order valence-corrected chi connectivity index (χ1v) is 7.77. The highest BCUT2D eigenvalue weighted by molar-refractivity contribution is 6.03. The average molecular weight is 311 g/mol. The maximum atomic E-state index is 12.8. The molecule has 0 radical (unpaired) electrons. The van der Waals surface area contributed by atoms with Crippen molar-refractivity contribution in [2.24, 2.45) is 0 Å². The SMILES string of the molecule is CC(C)N1C(=O)[C@H](NO)CN(c2ccccc2)c2ccccc21. The summed E-state index contributed by atoms with van der Waals surface area (Å²) in [4.78, 5) is 16.6. The van der Waals surface area contributed by atoms with Crippen molar-refractivity contribution in [2.75, 3.05) is 16.3 Å². The number of amides is 1. The van der Waals surface area contributed by atoms with Gasteiger partial charge >= 0.3 is 0 Å². The number of nitrogens with zero attached hydrogens (tertiary/aromatic N) is 2. The average Bonchev–Trinajstić information content (AvgIpc) is 2.69. The van der Waals surface area contributed by atoms with Gasteiger partial charge in [-0.05, 0) is 38.1 Å². The number of para-hydroxylation sites is 3. The van der Waals surface area contributed by atoms with E-state index in [9.17, 15) is 10.0 Å². The number of anilines is 3. The molecule has 0 saturated heterocycles. The van der Waals surface area contributed by atoms with Gasteiger partial charge in [0.2, 0.25) is 5.91 Å². The van der Waals surface area contributed by atoms with E-state index >= 15 is 0 Å². The Morgan fingerprint density at radius 3 is 2.26 bits per heavy atom. The fraction of sp³-hybridized carbons (Fsp3) is 0.278. The molecule has 0 aromatic heterocycles. The van der Waals surface area contributed by atoms with Gasteiger partial charge in [-0.15, -0.1) is 0 Å². The summed E-state index contributed by atoms with van der Waals surface area (Å²) in [5.41, 5.74) is 4.98. The first kappa shape index (κ1) is 15.5. The summed E-state index contributed by atoms with van der Waals surface area (Å²) < 4.78 is 0. The molecule has 1 amide bonds. The number of rotatable bonds is 3. The van der Waals surface area contributed by atoms with Gasteiger partial charge in [-0.1, -0.05) is 30.3 Å². The van der Waals surface area contributed by atoms with Crippen molar-refractivity contribution < 1.29 is 10.0 Å². The molecule has 0 saturated carbocycles. The predicted octanol–water partition coefficient (Wildman–Crippen LogP) is 2.93. The maximum absolute atomic E-state index is 12.8. The molecule has 0 fully saturated rings. The van der Waals surface area contributed by atoms with Crippen LogP contribution in [0.2, 0.25) is 0 Å². The van der Waals surface area contributed by atoms with Crippen LogP contribution in [0, 0.1) is 0 Å². The first-order valence-electron chi connectivity index (χ1n) is 7.77. The molecule has 23 heavy (non-hydrogen) atoms. The van der Waals surface area contributed by atoms with E-state index in [-0.39, 0.29) is 11.9 Å². The quantitative estimate of drug-likeness (QED) is 0.856. The largest absolute Gasteiger partial charge is 0.338 e. The molecule has 1 aliphatic heterocycles. The molecule has 1 aliphatic rings. The lowest BCUT2D eigenvalue weighted by Crippen LogP contribution is -2.50. The van der Waals surface area contributed by atoms with Crippen LogP contribution < -0.4 is 15.3 Å². The van der Waals surface area contributed by atoms with Gasteiger partial charge in [0.05, 0.1) is 11.4 Å². The molecular weight excluding hydrogens is 290 g/mol. The second-order valence-corrected chi connectivity index (χ2v) is 5.92. The summed E-state index contributed by atoms with van der Waals surface area (Å²) in [5, 5.41) is 9.51. The number of fused-ring (bicyclic) bond motifs is 1. The van der Waals surface area contributed by atoms with Gasteiger partial charge in [-0.25, -0.2) is 0 Å². The van der Waals surface area contributed by atoms with Gasteiger partial charge in [0.1, 0.15) is 6.04 Å². The Morgan fingerprint density at radius 1 is 1.04 bits per heavy atom. The van der Waals surface area contributed by atoms with Gasteiger partial charge < -0.3 is 15.0 Å². The summed E-state index contributed by atoms with van der Waals surface area (Å²) in [6, 6.07) is 17.0. The number of nitrogens with one attached hydrogen (secondary N) is 1. The minimum atomic E-state index is -0.690. The zero-order valence-electron chi connectivity index (χ0n) is 13.3. The summed E-state index contributed by atoms with van der Waals surface area (Å²) in [5.74, 6) is -0.131. The topological polar surface area (TPSA) is 55.8 Å². The molecule has 3 rings (SSSR count). The molecule has 0 unspecified atom stereocenters. The van der Waals surface area contributed by atoms with E-state index in [1.165, 1.54) is 0 Å². The normalized spacial score (nSPS) is 18.1. The van der Waals surface area contributed by atoms with Gasteiger partial charge in [-0.3, -0.25) is 4.79 Å². The van der Waals surface area contributed by atoms with Gasteiger partial charge in [0.25, 0.3) is 0 Å². The predicted molar refractivity (Wildman–Crippen MR) is 91.2 cm³/mol. The zero-order chi connectivity index (χ0) is 16.4. The molecule has 0 aliphatic carbocycles. The van der Waals surface area contributed by atoms with Crippen LogP contribution in [0.5, 0.6) is 0 Å². The maximum Gasteiger partial charge on any atom is 0.248 e. The molecule has 0 spiro atoms. The molecule has 2 aromatic carbocycles. The van der Waals surface area contributed by atoms with E-state index in [0.29, 0.717) is 6.54 Å². The third kappa shape index (κ3) is 2.81. The molecule has 2 N–H and O–H groups in total. The lowest BCUT2D eigenvalue weighted by atomic mass is 10.2. The van der Waals surface area contributed by atoms with E-state index in [0.717, 1.165) is 17.1 Å². The zero-order valence-corrected chi connectivity index (χ0v) is 13.3. The van der Waals surface area contributed by atoms with Crippen LogP contribution in [0.4, 0.5) is 17.1 Å². The van der Waals surface area contributed by atoms with Crippen molar-refractivity contribution in [3.8, 4) is 0 Å². The summed E-state index contributed by atoms with van der Waals surface area (Å²) >= 11 is 0. The Kier molecular flexibility index (Phi) is 4.32. The summed E-state index contributed by atoms with van der Waals surface area (Å²) in [7, 11) is 0. The minimum Gasteiger partial charge on any atom is -0.338 e. The molecule has 1 heterocycles. The molecule has 1 atom stereocenters. The van der Waals surface area contributed by atoms with Crippen LogP contribution in [0.1, 0.15) is 13.8 Å². The van der Waals surface area contributed by atoms with Crippen LogP contribution in [-0.2, 0) is 4.79 Å². The number of benzene rings is 2. The molecule has 5 heteroatoms. The number of carbonyl (C=O) groups excluding carboxylic acids is 1. The van der Waals surface area contributed by atoms with Crippen molar-refractivity contribution in [1.82, 2.24) is 5.48 Å². The van der Waals surface area contributed by atoms with Crippen molar-refractivity contribution in [2.45, 2.75) is 25.9 Å². The van der Waals surface area contributed by atoms with E-state index in [2.05, 4.69) is 10.4 Å². The number of hydroxylamine groups is 1. The molecular formula is C18H21N3O2. The Hall–Kier alpha value is -2.37. The third-order valence-corrected chi connectivity index (χ3v) is 4.07. The standard InChI is InChI=1S/C18H21N3O2/c1-13(2)21-17-11-7-6-10-16(17)20(12-15(19-23)18(21)22)14-8-4-3-5-9-14/h3-11,13,15,19,23H,12H2,1-2H3/t15-/m1/s1. The number of hydrogen-bond donors (Lipinski definition) is 2. The Morgan fingerprint density at radius 2 is 1.65 bits per heavy atom. The van der Waals surface area contributed by atoms with Crippen molar-refractivity contribution >= 4 is 23.0 Å². The monoisotopic (exact) mass is 311 g/mol. The fourth-order valence-corrected chi connectivity index (χ4v) is 3.02. The van der Waals surface area contributed by atoms with Crippen molar-refractivity contribution in [3.05, 3.63) is 54.6 Å². The molecule has 0 bridgehead atoms. The highest BCUT2D eigenvalue weighted by Crippen LogP contribution is 2.37. The summed E-state index contributed by atoms with van der Waals surface area (Å²) in [6.45, 7) is 4.31. The van der Waals surface area contributed by atoms with Crippen LogP contribution in [0.3, 0.4) is 0 Å². The number of hydrogen-bond acceptors (Lipinski definition) is 4. The van der Waals surface area contributed by atoms with E-state index < -0.39 is 6.04 Å². The van der Waals surface area contributed by atoms with Crippen LogP contribution >= 0.6 is 0 Å². The Labute approximate surface area is 136 Å². The molecule has 5 nitrogen and oxygen atoms in total. The van der Waals surface area contributed by atoms with Crippen LogP contribution in [-0.4, -0.2) is 29.7 Å². The smallest absolute Gasteiger partial charge is 0.248 e. The van der Waals surface area contributed by atoms with Gasteiger partial charge in [-0.2, -0.15) is 5.48 Å². The van der Waals surface area contributed by atoms with Crippen LogP contribution in [0.25, 0.3) is 0 Å². The Bertz CT molecular complexity index is 688. The first-order chi connectivity index (χ1) is 11.1. The molecule has 2 aromatic rings. The lowest BCUT2D eigenvalue weighted by Gasteiger charge is -2.29. The second kappa shape index (κ2) is 6.40. The highest BCUT2D eigenvalue weighted by Gasteiger charge is 2.35. The van der Waals surface area contributed by atoms with Crippen LogP contribution in [0.15, 0.2) is 54.6 Å². The van der Waals surface area contributed by atoms with Crippen molar-refractivity contribution in [3.63, 3.8) is 0 Å². The minimum absolute atomic E-state index is 0.00442. The Balaban J connectivity index is 2.17. The third-order valence-electron chi connectivity index (χ3n) is 4.07. The van der Waals surface area contributed by atoms with E-state index in [4.69, 9.17) is 0 Å². The lowest BCUT2D eigenvalue weighted by molar-refractivity contribution is -0.123. The van der Waals surface area contributed by atoms with E-state index in [1.54, 1.807) is 4.90 Å². The number of carbonyl (C=O) groups is 1. The van der Waals surface area contributed by atoms with Gasteiger partial charge in [0, 0.05) is 18.3 Å². The van der Waals surface area contributed by atoms with Crippen molar-refractivity contribution in [1.29, 1.82) is 0 Å². The second-order valence-electron chi connectivity index (χ2n) is 5.92. The van der Waals surface area contributed by atoms with E-state index in [1.807, 2.05) is 68.4 Å². The molecule has 120 valence electrons. The highest BCUT2D eigenvalue weighted by atomic mass is 16.5.